The average molecular weight is 590 g/mol. The Balaban J connectivity index is 1.70. The molecule has 3 aromatic rings. The van der Waals surface area contributed by atoms with Crippen LogP contribution in [0.4, 0.5) is 0 Å². The third-order valence-corrected chi connectivity index (χ3v) is 12.7. The molecule has 3 heterocycles. The number of sulfonamides is 3. The fourth-order valence-corrected chi connectivity index (χ4v) is 10.4. The number of hydrogen-bond acceptors (Lipinski definition) is 6. The highest BCUT2D eigenvalue weighted by Crippen LogP contribution is 2.44. The van der Waals surface area contributed by atoms with Gasteiger partial charge in [-0.15, -0.1) is 0 Å². The SMILES string of the molecule is Cc1ccc(S(=O)(=O)N2CC3(C)CN(S(=O)(=O)c4ccc(C)cc4)C2N(S(=O)(=O)c2ccc(C)cc2)C3)cc1. The van der Waals surface area contributed by atoms with E-state index in [9.17, 15) is 25.3 Å². The summed E-state index contributed by atoms with van der Waals surface area (Å²) in [4.78, 5) is -0.112. The number of nitrogens with zero attached hydrogens (tertiary/aromatic N) is 3. The quantitative estimate of drug-likeness (QED) is 0.436. The molecule has 0 N–H and O–H groups in total. The standard InChI is InChI=1S/C27H31N3O6S3/c1-20-5-11-23(12-6-20)37(31,32)28-17-27(4)18-29(38(33,34)24-13-7-21(2)8-14-24)26(28)30(19-27)39(35,36)25-15-9-22(3)10-16-25/h5-16,26H,17-19H2,1-4H3. The zero-order chi connectivity index (χ0) is 28.4. The fourth-order valence-electron chi connectivity index (χ4n) is 5.12. The van der Waals surface area contributed by atoms with Gasteiger partial charge in [-0.05, 0) is 57.2 Å². The number of fused-ring (bicyclic) bond motifs is 3. The van der Waals surface area contributed by atoms with Gasteiger partial charge in [-0.3, -0.25) is 0 Å². The van der Waals surface area contributed by atoms with Gasteiger partial charge in [-0.1, -0.05) is 60.0 Å². The van der Waals surface area contributed by atoms with Gasteiger partial charge < -0.3 is 0 Å². The summed E-state index contributed by atoms with van der Waals surface area (Å²) in [7, 11) is -12.9. The summed E-state index contributed by atoms with van der Waals surface area (Å²) in [5.74, 6) is 0. The van der Waals surface area contributed by atoms with Crippen LogP contribution >= 0.6 is 0 Å². The van der Waals surface area contributed by atoms with Gasteiger partial charge in [0, 0.05) is 25.0 Å². The van der Waals surface area contributed by atoms with Crippen molar-refractivity contribution in [2.75, 3.05) is 19.6 Å². The summed E-state index contributed by atoms with van der Waals surface area (Å²) >= 11 is 0. The van der Waals surface area contributed by atoms with Gasteiger partial charge in [-0.2, -0.15) is 12.9 Å². The fraction of sp³-hybridized carbons (Fsp3) is 0.333. The monoisotopic (exact) mass is 589 g/mol. The Morgan fingerprint density at radius 3 is 0.974 bits per heavy atom. The predicted molar refractivity (Wildman–Crippen MR) is 147 cm³/mol. The zero-order valence-corrected chi connectivity index (χ0v) is 24.6. The highest BCUT2D eigenvalue weighted by molar-refractivity contribution is 7.91. The van der Waals surface area contributed by atoms with Crippen LogP contribution in [0.5, 0.6) is 0 Å². The molecule has 3 aliphatic heterocycles. The molecule has 2 bridgehead atoms. The summed E-state index contributed by atoms with van der Waals surface area (Å²) in [6, 6.07) is 18.6. The Labute approximate surface area is 230 Å². The number of aryl methyl sites for hydroxylation is 3. The number of hydrogen-bond donors (Lipinski definition) is 0. The van der Waals surface area contributed by atoms with Crippen molar-refractivity contribution in [2.45, 2.75) is 48.7 Å². The third kappa shape index (κ3) is 4.83. The average Bonchev–Trinajstić information content (AvgIpc) is 2.88. The van der Waals surface area contributed by atoms with Gasteiger partial charge in [0.25, 0.3) is 0 Å². The van der Waals surface area contributed by atoms with Gasteiger partial charge in [0.05, 0.1) is 14.7 Å². The zero-order valence-electron chi connectivity index (χ0n) is 22.1. The van der Waals surface area contributed by atoms with Crippen LogP contribution in [0.1, 0.15) is 23.6 Å². The van der Waals surface area contributed by atoms with E-state index in [0.29, 0.717) is 0 Å². The van der Waals surface area contributed by atoms with E-state index < -0.39 is 41.8 Å². The maximum Gasteiger partial charge on any atom is 0.245 e. The summed E-state index contributed by atoms with van der Waals surface area (Å²) in [6.07, 6.45) is -1.62. The molecule has 0 aromatic heterocycles. The smallest absolute Gasteiger partial charge is 0.207 e. The van der Waals surface area contributed by atoms with Gasteiger partial charge in [0.15, 0.2) is 6.29 Å². The Morgan fingerprint density at radius 1 is 0.513 bits per heavy atom. The maximum absolute atomic E-state index is 14.0. The summed E-state index contributed by atoms with van der Waals surface area (Å²) in [6.45, 7) is 7.09. The van der Waals surface area contributed by atoms with E-state index in [2.05, 4.69) is 0 Å². The molecule has 0 amide bonds. The minimum absolute atomic E-state index is 0.0340. The number of benzene rings is 3. The van der Waals surface area contributed by atoms with Crippen molar-refractivity contribution in [1.82, 2.24) is 12.9 Å². The van der Waals surface area contributed by atoms with E-state index in [-0.39, 0.29) is 34.3 Å². The van der Waals surface area contributed by atoms with Crippen LogP contribution < -0.4 is 0 Å². The van der Waals surface area contributed by atoms with Crippen LogP contribution in [0.3, 0.4) is 0 Å². The molecule has 3 fully saturated rings. The van der Waals surface area contributed by atoms with Crippen molar-refractivity contribution in [3.63, 3.8) is 0 Å². The van der Waals surface area contributed by atoms with Gasteiger partial charge in [-0.25, -0.2) is 25.3 Å². The lowest BCUT2D eigenvalue weighted by Crippen LogP contribution is -2.76. The Kier molecular flexibility index (Phi) is 6.80. The highest BCUT2D eigenvalue weighted by atomic mass is 32.2. The Hall–Kier alpha value is -2.61. The van der Waals surface area contributed by atoms with Crippen molar-refractivity contribution >= 4 is 30.1 Å². The minimum Gasteiger partial charge on any atom is -0.207 e. The van der Waals surface area contributed by atoms with Crippen molar-refractivity contribution in [3.8, 4) is 0 Å². The summed E-state index contributed by atoms with van der Waals surface area (Å²) in [5, 5.41) is 0. The summed E-state index contributed by atoms with van der Waals surface area (Å²) in [5.41, 5.74) is 1.55. The highest BCUT2D eigenvalue weighted by Gasteiger charge is 2.60. The molecule has 3 aliphatic rings. The molecule has 0 radical (unpaired) electrons. The first-order valence-electron chi connectivity index (χ1n) is 12.4. The van der Waals surface area contributed by atoms with Crippen LogP contribution in [0.15, 0.2) is 87.5 Å². The van der Waals surface area contributed by atoms with E-state index in [1.807, 2.05) is 20.8 Å². The molecule has 0 atom stereocenters. The van der Waals surface area contributed by atoms with Crippen molar-refractivity contribution in [2.24, 2.45) is 5.41 Å². The Bertz CT molecular complexity index is 1510. The molecule has 3 aromatic carbocycles. The second-order valence-electron chi connectivity index (χ2n) is 10.7. The van der Waals surface area contributed by atoms with E-state index in [1.165, 1.54) is 36.4 Å². The third-order valence-electron chi connectivity index (χ3n) is 7.27. The lowest BCUT2D eigenvalue weighted by Gasteiger charge is -2.58. The minimum atomic E-state index is -4.29. The molecule has 0 saturated carbocycles. The first-order chi connectivity index (χ1) is 18.1. The van der Waals surface area contributed by atoms with Gasteiger partial charge in [0.1, 0.15) is 0 Å². The second kappa shape index (κ2) is 9.50. The van der Waals surface area contributed by atoms with E-state index in [1.54, 1.807) is 43.3 Å². The topological polar surface area (TPSA) is 112 Å². The molecular formula is C27H31N3O6S3. The molecular weight excluding hydrogens is 559 g/mol. The van der Waals surface area contributed by atoms with Crippen molar-refractivity contribution < 1.29 is 25.3 Å². The first kappa shape index (κ1) is 27.9. The largest absolute Gasteiger partial charge is 0.245 e. The van der Waals surface area contributed by atoms with E-state index in [0.717, 1.165) is 29.6 Å². The number of rotatable bonds is 6. The van der Waals surface area contributed by atoms with E-state index in [4.69, 9.17) is 0 Å². The van der Waals surface area contributed by atoms with Gasteiger partial charge in [0.2, 0.25) is 30.1 Å². The van der Waals surface area contributed by atoms with E-state index >= 15 is 0 Å². The normalized spacial score (nSPS) is 23.2. The molecule has 39 heavy (non-hydrogen) atoms. The van der Waals surface area contributed by atoms with Crippen LogP contribution in [-0.2, 0) is 30.1 Å². The lowest BCUT2D eigenvalue weighted by atomic mass is 9.86. The molecule has 9 nitrogen and oxygen atoms in total. The van der Waals surface area contributed by atoms with Crippen molar-refractivity contribution in [3.05, 3.63) is 89.5 Å². The molecule has 12 heteroatoms. The first-order valence-corrected chi connectivity index (χ1v) is 16.7. The molecule has 208 valence electrons. The molecule has 3 saturated heterocycles. The van der Waals surface area contributed by atoms with Gasteiger partial charge >= 0.3 is 0 Å². The van der Waals surface area contributed by atoms with Crippen LogP contribution in [0.2, 0.25) is 0 Å². The summed E-state index contributed by atoms with van der Waals surface area (Å²) < 4.78 is 87.2. The maximum atomic E-state index is 14.0. The Morgan fingerprint density at radius 2 is 0.744 bits per heavy atom. The van der Waals surface area contributed by atoms with Crippen molar-refractivity contribution in [1.29, 1.82) is 0 Å². The molecule has 6 rings (SSSR count). The molecule has 0 unspecified atom stereocenters. The second-order valence-corrected chi connectivity index (χ2v) is 16.4. The lowest BCUT2D eigenvalue weighted by molar-refractivity contribution is -0.0882. The van der Waals surface area contributed by atoms with Crippen LogP contribution in [0.25, 0.3) is 0 Å². The van der Waals surface area contributed by atoms with Crippen LogP contribution in [-0.4, -0.2) is 64.1 Å². The van der Waals surface area contributed by atoms with Crippen LogP contribution in [0, 0.1) is 26.2 Å². The molecule has 0 aliphatic carbocycles. The molecule has 0 spiro atoms. The predicted octanol–water partition coefficient (Wildman–Crippen LogP) is 3.30.